The monoisotopic (exact) mass is 342 g/mol. The van der Waals surface area contributed by atoms with Gasteiger partial charge in [0.25, 0.3) is 0 Å². The number of benzene rings is 1. The molecule has 1 fully saturated rings. The zero-order valence-corrected chi connectivity index (χ0v) is 13.7. The highest BCUT2D eigenvalue weighted by Gasteiger charge is 2.35. The van der Waals surface area contributed by atoms with Crippen molar-refractivity contribution in [2.45, 2.75) is 6.42 Å². The van der Waals surface area contributed by atoms with Gasteiger partial charge in [0, 0.05) is 18.7 Å². The van der Waals surface area contributed by atoms with Crippen LogP contribution in [-0.2, 0) is 9.59 Å². The van der Waals surface area contributed by atoms with Crippen molar-refractivity contribution >= 4 is 34.0 Å². The number of hydrogen-bond donors (Lipinski definition) is 1. The van der Waals surface area contributed by atoms with E-state index in [9.17, 15) is 9.59 Å². The first-order chi connectivity index (χ1) is 11.6. The third-order valence-electron chi connectivity index (χ3n) is 3.73. The van der Waals surface area contributed by atoms with E-state index in [0.29, 0.717) is 22.3 Å². The van der Waals surface area contributed by atoms with Gasteiger partial charge < -0.3 is 15.0 Å². The predicted octanol–water partition coefficient (Wildman–Crippen LogP) is 2.01. The van der Waals surface area contributed by atoms with Crippen LogP contribution in [0.4, 0.5) is 10.8 Å². The maximum Gasteiger partial charge on any atom is 0.231 e. The second-order valence-corrected chi connectivity index (χ2v) is 6.26. The summed E-state index contributed by atoms with van der Waals surface area (Å²) < 4.78 is 5.10. The number of carbonyl (C=O) groups excluding carboxylic acids is 2. The molecule has 0 radical (unpaired) electrons. The van der Waals surface area contributed by atoms with E-state index >= 15 is 0 Å². The number of nitriles is 1. The van der Waals surface area contributed by atoms with Crippen molar-refractivity contribution < 1.29 is 14.3 Å². The second-order valence-electron chi connectivity index (χ2n) is 5.23. The maximum atomic E-state index is 12.3. The molecular weight excluding hydrogens is 328 g/mol. The molecule has 24 heavy (non-hydrogen) atoms. The zero-order valence-electron chi connectivity index (χ0n) is 12.9. The SMILES string of the molecule is COc1ccc(N2CC(C(=O)Nc3ncc(C#N)s3)CC2=O)cc1. The lowest BCUT2D eigenvalue weighted by Gasteiger charge is -2.16. The van der Waals surface area contributed by atoms with Crippen LogP contribution in [0.1, 0.15) is 11.3 Å². The number of methoxy groups -OCH3 is 1. The molecule has 3 rings (SSSR count). The highest BCUT2D eigenvalue weighted by Crippen LogP contribution is 2.28. The Hall–Kier alpha value is -2.92. The number of ether oxygens (including phenoxy) is 1. The fraction of sp³-hybridized carbons (Fsp3) is 0.250. The highest BCUT2D eigenvalue weighted by atomic mass is 32.1. The van der Waals surface area contributed by atoms with Crippen molar-refractivity contribution in [3.8, 4) is 11.8 Å². The summed E-state index contributed by atoms with van der Waals surface area (Å²) in [5.41, 5.74) is 0.733. The summed E-state index contributed by atoms with van der Waals surface area (Å²) in [6, 6.07) is 9.09. The van der Waals surface area contributed by atoms with Crippen LogP contribution in [-0.4, -0.2) is 30.5 Å². The summed E-state index contributed by atoms with van der Waals surface area (Å²) in [7, 11) is 1.58. The number of anilines is 2. The predicted molar refractivity (Wildman–Crippen MR) is 88.9 cm³/mol. The van der Waals surface area contributed by atoms with Crippen LogP contribution in [0.2, 0.25) is 0 Å². The van der Waals surface area contributed by atoms with E-state index in [1.54, 1.807) is 36.3 Å². The summed E-state index contributed by atoms with van der Waals surface area (Å²) in [4.78, 5) is 30.5. The van der Waals surface area contributed by atoms with Gasteiger partial charge in [-0.05, 0) is 24.3 Å². The first kappa shape index (κ1) is 16.0. The molecule has 0 saturated carbocycles. The zero-order chi connectivity index (χ0) is 17.1. The van der Waals surface area contributed by atoms with Gasteiger partial charge in [-0.15, -0.1) is 0 Å². The van der Waals surface area contributed by atoms with Gasteiger partial charge >= 0.3 is 0 Å². The average molecular weight is 342 g/mol. The Labute approximate surface area is 142 Å². The van der Waals surface area contributed by atoms with Crippen LogP contribution >= 0.6 is 11.3 Å². The maximum absolute atomic E-state index is 12.3. The van der Waals surface area contributed by atoms with Crippen molar-refractivity contribution in [1.29, 1.82) is 5.26 Å². The van der Waals surface area contributed by atoms with Gasteiger partial charge in [0.1, 0.15) is 16.7 Å². The molecule has 2 aromatic rings. The number of thiazole rings is 1. The fourth-order valence-electron chi connectivity index (χ4n) is 2.49. The lowest BCUT2D eigenvalue weighted by Crippen LogP contribution is -2.28. The first-order valence-corrected chi connectivity index (χ1v) is 8.03. The van der Waals surface area contributed by atoms with Crippen molar-refractivity contribution in [3.63, 3.8) is 0 Å². The second kappa shape index (κ2) is 6.68. The molecule has 122 valence electrons. The highest BCUT2D eigenvalue weighted by molar-refractivity contribution is 7.16. The molecule has 2 heterocycles. The van der Waals surface area contributed by atoms with E-state index in [1.807, 2.05) is 6.07 Å². The lowest BCUT2D eigenvalue weighted by molar-refractivity contribution is -0.122. The van der Waals surface area contributed by atoms with Gasteiger partial charge in [-0.25, -0.2) is 4.98 Å². The number of amides is 2. The van der Waals surface area contributed by atoms with Crippen LogP contribution < -0.4 is 15.0 Å². The molecular formula is C16H14N4O3S. The molecule has 1 aromatic heterocycles. The molecule has 7 nitrogen and oxygen atoms in total. The summed E-state index contributed by atoms with van der Waals surface area (Å²) in [6.45, 7) is 0.313. The van der Waals surface area contributed by atoms with Crippen LogP contribution in [0.5, 0.6) is 5.75 Å². The minimum absolute atomic E-state index is 0.0998. The molecule has 1 unspecified atom stereocenters. The molecule has 0 aliphatic carbocycles. The van der Waals surface area contributed by atoms with E-state index < -0.39 is 5.92 Å². The van der Waals surface area contributed by atoms with Gasteiger partial charge in [-0.3, -0.25) is 9.59 Å². The van der Waals surface area contributed by atoms with Gasteiger partial charge in [-0.2, -0.15) is 5.26 Å². The largest absolute Gasteiger partial charge is 0.497 e. The van der Waals surface area contributed by atoms with Gasteiger partial charge in [0.15, 0.2) is 5.13 Å². The topological polar surface area (TPSA) is 95.3 Å². The lowest BCUT2D eigenvalue weighted by atomic mass is 10.1. The minimum atomic E-state index is -0.450. The summed E-state index contributed by atoms with van der Waals surface area (Å²) in [6.07, 6.45) is 1.55. The first-order valence-electron chi connectivity index (χ1n) is 7.22. The van der Waals surface area contributed by atoms with E-state index in [2.05, 4.69) is 10.3 Å². The van der Waals surface area contributed by atoms with Crippen LogP contribution in [0, 0.1) is 17.2 Å². The number of aromatic nitrogens is 1. The van der Waals surface area contributed by atoms with Crippen molar-refractivity contribution in [2.75, 3.05) is 23.9 Å². The van der Waals surface area contributed by atoms with E-state index in [4.69, 9.17) is 10.00 Å². The number of rotatable bonds is 4. The van der Waals surface area contributed by atoms with Crippen LogP contribution in [0.25, 0.3) is 0 Å². The summed E-state index contributed by atoms with van der Waals surface area (Å²) in [5.74, 6) is -0.110. The van der Waals surface area contributed by atoms with Gasteiger partial charge in [0.2, 0.25) is 11.8 Å². The molecule has 8 heteroatoms. The Morgan fingerprint density at radius 2 is 2.21 bits per heavy atom. The molecule has 1 aromatic carbocycles. The smallest absolute Gasteiger partial charge is 0.231 e. The van der Waals surface area contributed by atoms with Crippen molar-refractivity contribution in [1.82, 2.24) is 4.98 Å². The molecule has 0 spiro atoms. The van der Waals surface area contributed by atoms with Crippen LogP contribution in [0.3, 0.4) is 0 Å². The normalized spacial score (nSPS) is 16.8. The molecule has 2 amide bonds. The molecule has 1 saturated heterocycles. The van der Waals surface area contributed by atoms with Crippen LogP contribution in [0.15, 0.2) is 30.5 Å². The number of carbonyl (C=O) groups is 2. The van der Waals surface area contributed by atoms with Crippen molar-refractivity contribution in [2.24, 2.45) is 5.92 Å². The Balaban J connectivity index is 1.67. The number of hydrogen-bond acceptors (Lipinski definition) is 6. The molecule has 1 N–H and O–H groups in total. The Morgan fingerprint density at radius 1 is 1.46 bits per heavy atom. The Bertz CT molecular complexity index is 809. The Morgan fingerprint density at radius 3 is 2.83 bits per heavy atom. The standard InChI is InChI=1S/C16H14N4O3S/c1-23-12-4-2-11(3-5-12)20-9-10(6-14(20)21)15(22)19-16-18-8-13(7-17)24-16/h2-5,8,10H,6,9H2,1H3,(H,18,19,22). The minimum Gasteiger partial charge on any atom is -0.497 e. The van der Waals surface area contributed by atoms with E-state index in [-0.39, 0.29) is 18.2 Å². The quantitative estimate of drug-likeness (QED) is 0.917. The molecule has 1 atom stereocenters. The van der Waals surface area contributed by atoms with Crippen molar-refractivity contribution in [3.05, 3.63) is 35.3 Å². The summed E-state index contributed by atoms with van der Waals surface area (Å²) >= 11 is 1.11. The number of nitrogens with zero attached hydrogens (tertiary/aromatic N) is 3. The van der Waals surface area contributed by atoms with E-state index in [1.165, 1.54) is 6.20 Å². The fourth-order valence-corrected chi connectivity index (χ4v) is 3.10. The summed E-state index contributed by atoms with van der Waals surface area (Å²) in [5, 5.41) is 11.8. The number of nitrogens with one attached hydrogen (secondary N) is 1. The van der Waals surface area contributed by atoms with Gasteiger partial charge in [-0.1, -0.05) is 11.3 Å². The molecule has 1 aliphatic rings. The molecule has 1 aliphatic heterocycles. The van der Waals surface area contributed by atoms with E-state index in [0.717, 1.165) is 17.0 Å². The average Bonchev–Trinajstić information content (AvgIpc) is 3.21. The third kappa shape index (κ3) is 3.21. The molecule has 0 bridgehead atoms. The third-order valence-corrected chi connectivity index (χ3v) is 4.54. The van der Waals surface area contributed by atoms with Gasteiger partial charge in [0.05, 0.1) is 19.2 Å². The Kier molecular flexibility index (Phi) is 4.44.